The lowest BCUT2D eigenvalue weighted by Gasteiger charge is -2.19. The van der Waals surface area contributed by atoms with Gasteiger partial charge in [0, 0.05) is 23.2 Å². The Balaban J connectivity index is 2.24. The molecule has 0 amide bonds. The van der Waals surface area contributed by atoms with E-state index in [0.29, 0.717) is 17.3 Å². The fourth-order valence-electron chi connectivity index (χ4n) is 2.36. The van der Waals surface area contributed by atoms with E-state index in [0.717, 1.165) is 24.2 Å². The number of nitrogens with one attached hydrogen (secondary N) is 1. The molecule has 1 aliphatic carbocycles. The van der Waals surface area contributed by atoms with Crippen LogP contribution >= 0.6 is 11.6 Å². The molecule has 1 aliphatic rings. The van der Waals surface area contributed by atoms with Crippen LogP contribution in [0.25, 0.3) is 0 Å². The van der Waals surface area contributed by atoms with E-state index >= 15 is 0 Å². The third kappa shape index (κ3) is 3.75. The van der Waals surface area contributed by atoms with E-state index < -0.39 is 0 Å². The zero-order valence-corrected chi connectivity index (χ0v) is 12.1. The van der Waals surface area contributed by atoms with Gasteiger partial charge in [0.2, 0.25) is 0 Å². The molecular formula is C14H20ClNO3. The minimum absolute atomic E-state index is 0.274. The highest BCUT2D eigenvalue weighted by Crippen LogP contribution is 2.37. The van der Waals surface area contributed by atoms with Crippen LogP contribution in [0.3, 0.4) is 0 Å². The molecule has 0 spiro atoms. The van der Waals surface area contributed by atoms with Gasteiger partial charge in [-0.15, -0.1) is 0 Å². The Bertz CT molecular complexity index is 419. The minimum atomic E-state index is 0.274. The quantitative estimate of drug-likeness (QED) is 0.814. The fraction of sp³-hybridized carbons (Fsp3) is 0.571. The predicted molar refractivity (Wildman–Crippen MR) is 74.7 cm³/mol. The van der Waals surface area contributed by atoms with Crippen LogP contribution < -0.4 is 15.0 Å². The summed E-state index contributed by atoms with van der Waals surface area (Å²) in [6.45, 7) is 0.523. The summed E-state index contributed by atoms with van der Waals surface area (Å²) in [5, 5.41) is 0.628. The first-order valence-electron chi connectivity index (χ1n) is 6.53. The third-order valence-corrected chi connectivity index (χ3v) is 3.53. The maximum absolute atomic E-state index is 6.10. The van der Waals surface area contributed by atoms with Crippen molar-refractivity contribution in [1.82, 2.24) is 5.48 Å². The third-order valence-electron chi connectivity index (χ3n) is 3.31. The Labute approximate surface area is 118 Å². The number of hydroxylamine groups is 1. The Morgan fingerprint density at radius 1 is 1.26 bits per heavy atom. The van der Waals surface area contributed by atoms with Crippen LogP contribution in [-0.2, 0) is 11.4 Å². The van der Waals surface area contributed by atoms with E-state index in [1.807, 2.05) is 6.07 Å². The van der Waals surface area contributed by atoms with Gasteiger partial charge in [0.1, 0.15) is 0 Å². The smallest absolute Gasteiger partial charge is 0.166 e. The fourth-order valence-corrected chi connectivity index (χ4v) is 2.59. The first-order valence-corrected chi connectivity index (χ1v) is 6.91. The first-order chi connectivity index (χ1) is 9.24. The molecule has 0 unspecified atom stereocenters. The molecule has 1 aromatic rings. The second-order valence-electron chi connectivity index (χ2n) is 4.65. The lowest BCUT2D eigenvalue weighted by atomic mass is 10.1. The first kappa shape index (κ1) is 14.4. The highest BCUT2D eigenvalue weighted by atomic mass is 35.5. The Kier molecular flexibility index (Phi) is 5.31. The van der Waals surface area contributed by atoms with Crippen LogP contribution in [0, 0.1) is 0 Å². The van der Waals surface area contributed by atoms with Gasteiger partial charge in [-0.1, -0.05) is 11.6 Å². The molecule has 0 atom stereocenters. The van der Waals surface area contributed by atoms with Crippen LogP contribution in [0.4, 0.5) is 0 Å². The number of ether oxygens (including phenoxy) is 2. The summed E-state index contributed by atoms with van der Waals surface area (Å²) in [5.74, 6) is 1.44. The molecule has 0 aliphatic heterocycles. The normalized spacial score (nSPS) is 15.7. The van der Waals surface area contributed by atoms with Crippen molar-refractivity contribution in [2.24, 2.45) is 0 Å². The van der Waals surface area contributed by atoms with E-state index in [2.05, 4.69) is 5.48 Å². The van der Waals surface area contributed by atoms with Crippen molar-refractivity contribution in [2.45, 2.75) is 38.3 Å². The van der Waals surface area contributed by atoms with E-state index in [9.17, 15) is 0 Å². The van der Waals surface area contributed by atoms with Crippen molar-refractivity contribution in [3.8, 4) is 11.5 Å². The standard InChI is InChI=1S/C14H20ClNO3/c1-17-13-8-11(15)7-10(9-16-18-2)14(13)19-12-5-3-4-6-12/h7-8,12,16H,3-6,9H2,1-2H3. The van der Waals surface area contributed by atoms with Gasteiger partial charge >= 0.3 is 0 Å². The molecule has 4 nitrogen and oxygen atoms in total. The number of hydrogen-bond donors (Lipinski definition) is 1. The summed E-state index contributed by atoms with van der Waals surface area (Å²) in [7, 11) is 3.21. The van der Waals surface area contributed by atoms with Gasteiger partial charge in [-0.3, -0.25) is 0 Å². The second-order valence-corrected chi connectivity index (χ2v) is 5.08. The largest absolute Gasteiger partial charge is 0.493 e. The number of methoxy groups -OCH3 is 1. The number of halogens is 1. The van der Waals surface area contributed by atoms with Gasteiger partial charge < -0.3 is 14.3 Å². The highest BCUT2D eigenvalue weighted by Gasteiger charge is 2.21. The van der Waals surface area contributed by atoms with Crippen LogP contribution in [-0.4, -0.2) is 20.3 Å². The topological polar surface area (TPSA) is 39.7 Å². The predicted octanol–water partition coefficient (Wildman–Crippen LogP) is 3.32. The molecular weight excluding hydrogens is 266 g/mol. The van der Waals surface area contributed by atoms with Gasteiger partial charge in [-0.25, -0.2) is 0 Å². The molecule has 19 heavy (non-hydrogen) atoms. The Morgan fingerprint density at radius 3 is 2.63 bits per heavy atom. The molecule has 1 saturated carbocycles. The van der Waals surface area contributed by atoms with Crippen molar-refractivity contribution in [2.75, 3.05) is 14.2 Å². The minimum Gasteiger partial charge on any atom is -0.493 e. The summed E-state index contributed by atoms with van der Waals surface area (Å²) in [5.41, 5.74) is 3.76. The average Bonchev–Trinajstić information content (AvgIpc) is 2.91. The summed E-state index contributed by atoms with van der Waals surface area (Å²) in [6, 6.07) is 3.66. The van der Waals surface area contributed by atoms with Crippen molar-refractivity contribution >= 4 is 11.6 Å². The molecule has 0 saturated heterocycles. The molecule has 2 rings (SSSR count). The van der Waals surface area contributed by atoms with Gasteiger partial charge in [-0.2, -0.15) is 5.48 Å². The summed E-state index contributed by atoms with van der Waals surface area (Å²) in [6.07, 6.45) is 4.93. The molecule has 106 valence electrons. The van der Waals surface area contributed by atoms with Crippen molar-refractivity contribution < 1.29 is 14.3 Å². The SMILES string of the molecule is CONCc1cc(Cl)cc(OC)c1OC1CCCC1. The molecule has 0 bridgehead atoms. The van der Waals surface area contributed by atoms with Gasteiger partial charge in [0.05, 0.1) is 20.3 Å². The monoisotopic (exact) mass is 285 g/mol. The number of rotatable bonds is 6. The zero-order chi connectivity index (χ0) is 13.7. The van der Waals surface area contributed by atoms with Crippen molar-refractivity contribution in [3.05, 3.63) is 22.7 Å². The highest BCUT2D eigenvalue weighted by molar-refractivity contribution is 6.30. The average molecular weight is 286 g/mol. The van der Waals surface area contributed by atoms with Gasteiger partial charge in [0.15, 0.2) is 11.5 Å². The Hall–Kier alpha value is -0.970. The molecule has 1 N–H and O–H groups in total. The van der Waals surface area contributed by atoms with E-state index in [4.69, 9.17) is 25.9 Å². The van der Waals surface area contributed by atoms with E-state index in [-0.39, 0.29) is 6.10 Å². The maximum Gasteiger partial charge on any atom is 0.166 e. The molecule has 0 aromatic heterocycles. The van der Waals surface area contributed by atoms with Crippen LogP contribution in [0.15, 0.2) is 12.1 Å². The van der Waals surface area contributed by atoms with Crippen molar-refractivity contribution in [3.63, 3.8) is 0 Å². The van der Waals surface area contributed by atoms with Crippen LogP contribution in [0.1, 0.15) is 31.2 Å². The number of hydrogen-bond acceptors (Lipinski definition) is 4. The summed E-state index contributed by atoms with van der Waals surface area (Å²) >= 11 is 6.09. The maximum atomic E-state index is 6.10. The Morgan fingerprint density at radius 2 is 2.00 bits per heavy atom. The molecule has 5 heteroatoms. The second kappa shape index (κ2) is 6.98. The lowest BCUT2D eigenvalue weighted by molar-refractivity contribution is 0.0851. The van der Waals surface area contributed by atoms with E-state index in [1.54, 1.807) is 20.3 Å². The zero-order valence-electron chi connectivity index (χ0n) is 11.4. The number of benzene rings is 1. The molecule has 0 radical (unpaired) electrons. The van der Waals surface area contributed by atoms with Crippen molar-refractivity contribution in [1.29, 1.82) is 0 Å². The summed E-state index contributed by atoms with van der Waals surface area (Å²) in [4.78, 5) is 4.89. The van der Waals surface area contributed by atoms with Crippen LogP contribution in [0.5, 0.6) is 11.5 Å². The lowest BCUT2D eigenvalue weighted by Crippen LogP contribution is -2.16. The summed E-state index contributed by atoms with van der Waals surface area (Å²) < 4.78 is 11.5. The molecule has 1 aromatic carbocycles. The van der Waals surface area contributed by atoms with E-state index in [1.165, 1.54) is 12.8 Å². The van der Waals surface area contributed by atoms with Gasteiger partial charge in [-0.05, 0) is 31.7 Å². The molecule has 1 fully saturated rings. The van der Waals surface area contributed by atoms with Gasteiger partial charge in [0.25, 0.3) is 0 Å². The molecule has 0 heterocycles. The van der Waals surface area contributed by atoms with Crippen LogP contribution in [0.2, 0.25) is 5.02 Å².